The van der Waals surface area contributed by atoms with E-state index in [1.807, 2.05) is 13.8 Å². The standard InChI is InChI=1S/C14H23NO4S/c1-9(2)7-10-13(17)15-12(16)8-14(10)6-4-5-11(14)20(3,18)19/h9-11H,4-8H2,1-3H3,(H,15,16,17). The molecule has 0 bridgehead atoms. The quantitative estimate of drug-likeness (QED) is 0.796. The second-order valence-electron chi connectivity index (χ2n) is 6.71. The first-order valence-electron chi connectivity index (χ1n) is 7.19. The van der Waals surface area contributed by atoms with Crippen molar-refractivity contribution in [1.29, 1.82) is 0 Å². The Hall–Kier alpha value is -0.910. The number of carbonyl (C=O) groups is 2. The molecular formula is C14H23NO4S. The van der Waals surface area contributed by atoms with Crippen molar-refractivity contribution in [3.63, 3.8) is 0 Å². The van der Waals surface area contributed by atoms with Crippen molar-refractivity contribution < 1.29 is 18.0 Å². The molecule has 114 valence electrons. The maximum atomic E-state index is 12.2. The van der Waals surface area contributed by atoms with Crippen LogP contribution < -0.4 is 5.32 Å². The van der Waals surface area contributed by atoms with Gasteiger partial charge in [0.05, 0.1) is 5.25 Å². The SMILES string of the molecule is CC(C)CC1C(=O)NC(=O)CC12CCCC2S(C)(=O)=O. The monoisotopic (exact) mass is 301 g/mol. The average molecular weight is 301 g/mol. The molecule has 2 aliphatic rings. The van der Waals surface area contributed by atoms with E-state index in [0.717, 1.165) is 6.42 Å². The molecule has 1 spiro atoms. The highest BCUT2D eigenvalue weighted by Gasteiger charge is 2.57. The van der Waals surface area contributed by atoms with Gasteiger partial charge < -0.3 is 0 Å². The van der Waals surface area contributed by atoms with Crippen LogP contribution in [0.3, 0.4) is 0 Å². The van der Waals surface area contributed by atoms with Crippen LogP contribution in [-0.4, -0.2) is 31.7 Å². The number of hydrogen-bond donors (Lipinski definition) is 1. The molecule has 2 rings (SSSR count). The first-order valence-corrected chi connectivity index (χ1v) is 9.15. The Bertz CT molecular complexity index is 525. The fourth-order valence-electron chi connectivity index (χ4n) is 4.07. The topological polar surface area (TPSA) is 80.3 Å². The molecule has 5 nitrogen and oxygen atoms in total. The summed E-state index contributed by atoms with van der Waals surface area (Å²) in [6.07, 6.45) is 4.01. The van der Waals surface area contributed by atoms with E-state index in [1.165, 1.54) is 6.26 Å². The molecule has 3 atom stereocenters. The second-order valence-corrected chi connectivity index (χ2v) is 8.94. The van der Waals surface area contributed by atoms with E-state index in [4.69, 9.17) is 0 Å². The van der Waals surface area contributed by atoms with Crippen molar-refractivity contribution in [2.75, 3.05) is 6.26 Å². The molecule has 1 saturated carbocycles. The molecule has 0 aromatic rings. The van der Waals surface area contributed by atoms with E-state index in [1.54, 1.807) is 0 Å². The summed E-state index contributed by atoms with van der Waals surface area (Å²) in [5, 5.41) is 1.82. The number of sulfone groups is 1. The maximum absolute atomic E-state index is 12.2. The van der Waals surface area contributed by atoms with Crippen LogP contribution in [-0.2, 0) is 19.4 Å². The first kappa shape index (κ1) is 15.5. The molecule has 1 aliphatic heterocycles. The van der Waals surface area contributed by atoms with Gasteiger partial charge in [-0.25, -0.2) is 8.42 Å². The number of amides is 2. The van der Waals surface area contributed by atoms with Crippen molar-refractivity contribution in [3.05, 3.63) is 0 Å². The zero-order valence-corrected chi connectivity index (χ0v) is 13.1. The Morgan fingerprint density at radius 2 is 2.00 bits per heavy atom. The highest BCUT2D eigenvalue weighted by molar-refractivity contribution is 7.91. The third-order valence-corrected chi connectivity index (χ3v) is 6.48. The molecule has 1 aliphatic carbocycles. The lowest BCUT2D eigenvalue weighted by molar-refractivity contribution is -0.144. The zero-order valence-electron chi connectivity index (χ0n) is 12.3. The van der Waals surface area contributed by atoms with Crippen LogP contribution in [0.5, 0.6) is 0 Å². The van der Waals surface area contributed by atoms with Gasteiger partial charge in [0.25, 0.3) is 0 Å². The van der Waals surface area contributed by atoms with Gasteiger partial charge in [-0.05, 0) is 25.2 Å². The van der Waals surface area contributed by atoms with E-state index in [2.05, 4.69) is 5.32 Å². The Labute approximate surface area is 120 Å². The summed E-state index contributed by atoms with van der Waals surface area (Å²) in [5.41, 5.74) is -0.683. The van der Waals surface area contributed by atoms with Gasteiger partial charge in [-0.2, -0.15) is 0 Å². The Balaban J connectivity index is 2.46. The molecule has 3 unspecified atom stereocenters. The minimum Gasteiger partial charge on any atom is -0.296 e. The molecule has 1 heterocycles. The van der Waals surface area contributed by atoms with Crippen LogP contribution in [0, 0.1) is 17.3 Å². The van der Waals surface area contributed by atoms with Crippen LogP contribution >= 0.6 is 0 Å². The van der Waals surface area contributed by atoms with Crippen LogP contribution in [0.2, 0.25) is 0 Å². The summed E-state index contributed by atoms with van der Waals surface area (Å²) in [7, 11) is -3.26. The summed E-state index contributed by atoms with van der Waals surface area (Å²) in [5.74, 6) is -0.699. The van der Waals surface area contributed by atoms with Crippen molar-refractivity contribution >= 4 is 21.7 Å². The number of imide groups is 1. The van der Waals surface area contributed by atoms with Crippen molar-refractivity contribution in [2.45, 2.75) is 51.2 Å². The van der Waals surface area contributed by atoms with Crippen LogP contribution in [0.1, 0.15) is 46.0 Å². The fourth-order valence-corrected chi connectivity index (χ4v) is 5.88. The van der Waals surface area contributed by atoms with Gasteiger partial charge >= 0.3 is 0 Å². The van der Waals surface area contributed by atoms with E-state index < -0.39 is 20.5 Å². The van der Waals surface area contributed by atoms with Gasteiger partial charge in [0, 0.05) is 24.0 Å². The lowest BCUT2D eigenvalue weighted by Crippen LogP contribution is -2.56. The van der Waals surface area contributed by atoms with Crippen molar-refractivity contribution in [2.24, 2.45) is 17.3 Å². The predicted molar refractivity (Wildman–Crippen MR) is 75.6 cm³/mol. The molecule has 2 fully saturated rings. The number of carbonyl (C=O) groups excluding carboxylic acids is 2. The predicted octanol–water partition coefficient (Wildman–Crippen LogP) is 1.28. The van der Waals surface area contributed by atoms with E-state index in [-0.39, 0.29) is 30.1 Å². The first-order chi connectivity index (χ1) is 9.17. The van der Waals surface area contributed by atoms with Crippen LogP contribution in [0.4, 0.5) is 0 Å². The van der Waals surface area contributed by atoms with Crippen molar-refractivity contribution in [3.8, 4) is 0 Å². The summed E-state index contributed by atoms with van der Waals surface area (Å²) in [4.78, 5) is 24.1. The zero-order chi connectivity index (χ0) is 15.1. The van der Waals surface area contributed by atoms with Crippen LogP contribution in [0.25, 0.3) is 0 Å². The Kier molecular flexibility index (Phi) is 3.97. The Morgan fingerprint density at radius 3 is 2.55 bits per heavy atom. The fraction of sp³-hybridized carbons (Fsp3) is 0.857. The number of rotatable bonds is 3. The Morgan fingerprint density at radius 1 is 1.35 bits per heavy atom. The lowest BCUT2D eigenvalue weighted by Gasteiger charge is -2.44. The van der Waals surface area contributed by atoms with Crippen LogP contribution in [0.15, 0.2) is 0 Å². The minimum absolute atomic E-state index is 0.161. The summed E-state index contributed by atoms with van der Waals surface area (Å²) >= 11 is 0. The van der Waals surface area contributed by atoms with E-state index >= 15 is 0 Å². The molecule has 2 amide bonds. The minimum atomic E-state index is -3.26. The van der Waals surface area contributed by atoms with Gasteiger partial charge in [-0.15, -0.1) is 0 Å². The molecule has 6 heteroatoms. The third-order valence-electron chi connectivity index (χ3n) is 4.74. The number of piperidine rings is 1. The van der Waals surface area contributed by atoms with E-state index in [9.17, 15) is 18.0 Å². The van der Waals surface area contributed by atoms with E-state index in [0.29, 0.717) is 19.3 Å². The number of hydrogen-bond acceptors (Lipinski definition) is 4. The lowest BCUT2D eigenvalue weighted by atomic mass is 9.66. The van der Waals surface area contributed by atoms with Gasteiger partial charge in [0.1, 0.15) is 0 Å². The molecule has 0 aromatic carbocycles. The molecule has 0 radical (unpaired) electrons. The van der Waals surface area contributed by atoms with Gasteiger partial charge in [0.2, 0.25) is 11.8 Å². The normalized spacial score (nSPS) is 34.8. The van der Waals surface area contributed by atoms with Crippen molar-refractivity contribution in [1.82, 2.24) is 5.32 Å². The third kappa shape index (κ3) is 2.62. The number of nitrogens with one attached hydrogen (secondary N) is 1. The molecular weight excluding hydrogens is 278 g/mol. The van der Waals surface area contributed by atoms with Gasteiger partial charge in [-0.1, -0.05) is 20.3 Å². The summed E-state index contributed by atoms with van der Waals surface area (Å²) in [6.45, 7) is 4.03. The average Bonchev–Trinajstić information content (AvgIpc) is 2.67. The largest absolute Gasteiger partial charge is 0.296 e. The highest BCUT2D eigenvalue weighted by Crippen LogP contribution is 2.53. The molecule has 20 heavy (non-hydrogen) atoms. The maximum Gasteiger partial charge on any atom is 0.230 e. The van der Waals surface area contributed by atoms with Gasteiger partial charge in [-0.3, -0.25) is 14.9 Å². The highest BCUT2D eigenvalue weighted by atomic mass is 32.2. The molecule has 1 N–H and O–H groups in total. The van der Waals surface area contributed by atoms with Gasteiger partial charge in [0.15, 0.2) is 9.84 Å². The molecule has 0 aromatic heterocycles. The smallest absolute Gasteiger partial charge is 0.230 e. The summed E-state index contributed by atoms with van der Waals surface area (Å²) < 4.78 is 24.2. The second kappa shape index (κ2) is 5.13. The summed E-state index contributed by atoms with van der Waals surface area (Å²) in [6, 6.07) is 0. The molecule has 1 saturated heterocycles.